The summed E-state index contributed by atoms with van der Waals surface area (Å²) < 4.78 is 0. The van der Waals surface area contributed by atoms with Gasteiger partial charge in [-0.1, -0.05) is 48.5 Å². The van der Waals surface area contributed by atoms with Crippen molar-refractivity contribution in [1.82, 2.24) is 5.32 Å². The van der Waals surface area contributed by atoms with Crippen molar-refractivity contribution in [3.05, 3.63) is 59.7 Å². The molecule has 0 saturated carbocycles. The number of rotatable bonds is 0. The minimum atomic E-state index is 0.397. The van der Waals surface area contributed by atoms with Crippen LogP contribution in [-0.4, -0.2) is 0 Å². The molecule has 0 aromatic heterocycles. The maximum absolute atomic E-state index is 3.65. The molecule has 0 aliphatic carbocycles. The van der Waals surface area contributed by atoms with Crippen LogP contribution in [0.25, 0.3) is 11.1 Å². The van der Waals surface area contributed by atoms with Crippen molar-refractivity contribution in [1.29, 1.82) is 0 Å². The monoisotopic (exact) mass is 223 g/mol. The number of hydrogen-bond acceptors (Lipinski definition) is 1. The highest BCUT2D eigenvalue weighted by Gasteiger charge is 2.22. The maximum atomic E-state index is 3.65. The topological polar surface area (TPSA) is 12.0 Å². The molecule has 17 heavy (non-hydrogen) atoms. The second-order valence-corrected chi connectivity index (χ2v) is 4.78. The Labute approximate surface area is 102 Å². The Bertz CT molecular complexity index is 495. The second kappa shape index (κ2) is 4.01. The summed E-state index contributed by atoms with van der Waals surface area (Å²) >= 11 is 0. The Morgan fingerprint density at radius 3 is 1.59 bits per heavy atom. The van der Waals surface area contributed by atoms with E-state index < -0.39 is 0 Å². The van der Waals surface area contributed by atoms with Crippen LogP contribution in [0, 0.1) is 0 Å². The fourth-order valence-electron chi connectivity index (χ4n) is 2.79. The van der Waals surface area contributed by atoms with Gasteiger partial charge in [0.05, 0.1) is 0 Å². The SMILES string of the molecule is CC1NC(C)c2ccccc2-c2ccccc21. The molecule has 1 N–H and O–H groups in total. The zero-order chi connectivity index (χ0) is 11.8. The molecule has 0 bridgehead atoms. The molecule has 0 fully saturated rings. The fourth-order valence-corrected chi connectivity index (χ4v) is 2.79. The molecule has 2 aromatic carbocycles. The standard InChI is InChI=1S/C16H17N/c1-11-13-7-3-5-9-15(13)16-10-6-4-8-14(16)12(2)17-11/h3-12,17H,1-2H3. The Hall–Kier alpha value is -1.60. The summed E-state index contributed by atoms with van der Waals surface area (Å²) in [6.45, 7) is 4.47. The average molecular weight is 223 g/mol. The summed E-state index contributed by atoms with van der Waals surface area (Å²) in [7, 11) is 0. The van der Waals surface area contributed by atoms with Gasteiger partial charge in [-0.2, -0.15) is 0 Å². The first-order chi connectivity index (χ1) is 8.27. The number of benzene rings is 2. The van der Waals surface area contributed by atoms with Crippen LogP contribution in [0.3, 0.4) is 0 Å². The predicted molar refractivity (Wildman–Crippen MR) is 71.8 cm³/mol. The van der Waals surface area contributed by atoms with Gasteiger partial charge in [0.1, 0.15) is 0 Å². The highest BCUT2D eigenvalue weighted by Crippen LogP contribution is 2.37. The van der Waals surface area contributed by atoms with Gasteiger partial charge in [0.2, 0.25) is 0 Å². The minimum Gasteiger partial charge on any atom is -0.304 e. The Balaban J connectivity index is 2.30. The van der Waals surface area contributed by atoms with Crippen LogP contribution in [0.5, 0.6) is 0 Å². The van der Waals surface area contributed by atoms with Crippen molar-refractivity contribution in [3.63, 3.8) is 0 Å². The van der Waals surface area contributed by atoms with Gasteiger partial charge >= 0.3 is 0 Å². The van der Waals surface area contributed by atoms with Crippen molar-refractivity contribution in [3.8, 4) is 11.1 Å². The molecule has 2 unspecified atom stereocenters. The number of nitrogens with one attached hydrogen (secondary N) is 1. The van der Waals surface area contributed by atoms with Crippen LogP contribution in [0.4, 0.5) is 0 Å². The molecule has 0 spiro atoms. The van der Waals surface area contributed by atoms with E-state index >= 15 is 0 Å². The average Bonchev–Trinajstić information content (AvgIpc) is 2.48. The van der Waals surface area contributed by atoms with Gasteiger partial charge in [-0.3, -0.25) is 0 Å². The first-order valence-corrected chi connectivity index (χ1v) is 6.21. The van der Waals surface area contributed by atoms with Gasteiger partial charge in [0.25, 0.3) is 0 Å². The summed E-state index contributed by atoms with van der Waals surface area (Å²) in [5.74, 6) is 0. The van der Waals surface area contributed by atoms with E-state index in [0.717, 1.165) is 0 Å². The van der Waals surface area contributed by atoms with Gasteiger partial charge in [0, 0.05) is 12.1 Å². The largest absolute Gasteiger partial charge is 0.304 e. The van der Waals surface area contributed by atoms with Crippen LogP contribution in [-0.2, 0) is 0 Å². The molecule has 0 saturated heterocycles. The third kappa shape index (κ3) is 1.67. The van der Waals surface area contributed by atoms with Crippen LogP contribution in [0.1, 0.15) is 37.1 Å². The van der Waals surface area contributed by atoms with Crippen LogP contribution < -0.4 is 5.32 Å². The number of hydrogen-bond donors (Lipinski definition) is 1. The smallest absolute Gasteiger partial charge is 0.0303 e. The molecule has 2 atom stereocenters. The molecule has 0 radical (unpaired) electrons. The maximum Gasteiger partial charge on any atom is 0.0303 e. The van der Waals surface area contributed by atoms with E-state index in [0.29, 0.717) is 12.1 Å². The molecular formula is C16H17N. The highest BCUT2D eigenvalue weighted by atomic mass is 14.9. The normalized spacial score (nSPS) is 22.5. The van der Waals surface area contributed by atoms with E-state index in [4.69, 9.17) is 0 Å². The second-order valence-electron chi connectivity index (χ2n) is 4.78. The third-order valence-corrected chi connectivity index (χ3v) is 3.64. The summed E-state index contributed by atoms with van der Waals surface area (Å²) in [6.07, 6.45) is 0. The van der Waals surface area contributed by atoms with Gasteiger partial charge in [-0.05, 0) is 36.1 Å². The van der Waals surface area contributed by atoms with Crippen LogP contribution in [0.15, 0.2) is 48.5 Å². The highest BCUT2D eigenvalue weighted by molar-refractivity contribution is 5.72. The third-order valence-electron chi connectivity index (χ3n) is 3.64. The molecule has 1 aliphatic heterocycles. The van der Waals surface area contributed by atoms with Gasteiger partial charge in [-0.25, -0.2) is 0 Å². The Kier molecular flexibility index (Phi) is 2.49. The molecule has 1 heteroatoms. The molecular weight excluding hydrogens is 206 g/mol. The lowest BCUT2D eigenvalue weighted by Crippen LogP contribution is -2.20. The molecule has 1 nitrogen and oxygen atoms in total. The van der Waals surface area contributed by atoms with Crippen molar-refractivity contribution in [2.24, 2.45) is 0 Å². The summed E-state index contributed by atoms with van der Waals surface area (Å²) in [4.78, 5) is 0. The van der Waals surface area contributed by atoms with E-state index in [-0.39, 0.29) is 0 Å². The quantitative estimate of drug-likeness (QED) is 0.709. The van der Waals surface area contributed by atoms with Crippen molar-refractivity contribution in [2.45, 2.75) is 25.9 Å². The fraction of sp³-hybridized carbons (Fsp3) is 0.250. The zero-order valence-electron chi connectivity index (χ0n) is 10.3. The Morgan fingerprint density at radius 2 is 1.12 bits per heavy atom. The minimum absolute atomic E-state index is 0.397. The molecule has 2 aromatic rings. The molecule has 3 rings (SSSR count). The summed E-state index contributed by atoms with van der Waals surface area (Å²) in [6, 6.07) is 18.2. The van der Waals surface area contributed by atoms with Gasteiger partial charge in [-0.15, -0.1) is 0 Å². The molecule has 0 amide bonds. The zero-order valence-corrected chi connectivity index (χ0v) is 10.3. The first kappa shape index (κ1) is 10.5. The molecule has 1 aliphatic rings. The lowest BCUT2D eigenvalue weighted by atomic mass is 9.93. The lowest BCUT2D eigenvalue weighted by molar-refractivity contribution is 0.502. The van der Waals surface area contributed by atoms with Crippen molar-refractivity contribution in [2.75, 3.05) is 0 Å². The van der Waals surface area contributed by atoms with Crippen LogP contribution in [0.2, 0.25) is 0 Å². The molecule has 1 heterocycles. The number of fused-ring (bicyclic) bond motifs is 3. The van der Waals surface area contributed by atoms with E-state index in [1.165, 1.54) is 22.3 Å². The van der Waals surface area contributed by atoms with E-state index in [2.05, 4.69) is 67.7 Å². The summed E-state index contributed by atoms with van der Waals surface area (Å²) in [5, 5.41) is 3.65. The van der Waals surface area contributed by atoms with Gasteiger partial charge in [0.15, 0.2) is 0 Å². The van der Waals surface area contributed by atoms with E-state index in [9.17, 15) is 0 Å². The van der Waals surface area contributed by atoms with Crippen molar-refractivity contribution < 1.29 is 0 Å². The van der Waals surface area contributed by atoms with Gasteiger partial charge < -0.3 is 5.32 Å². The first-order valence-electron chi connectivity index (χ1n) is 6.21. The van der Waals surface area contributed by atoms with E-state index in [1.807, 2.05) is 0 Å². The Morgan fingerprint density at radius 1 is 0.706 bits per heavy atom. The van der Waals surface area contributed by atoms with E-state index in [1.54, 1.807) is 0 Å². The molecule has 86 valence electrons. The summed E-state index contributed by atoms with van der Waals surface area (Å²) in [5.41, 5.74) is 5.52. The lowest BCUT2D eigenvalue weighted by Gasteiger charge is -2.17. The van der Waals surface area contributed by atoms with Crippen molar-refractivity contribution >= 4 is 0 Å². The predicted octanol–water partition coefficient (Wildman–Crippen LogP) is 4.08. The van der Waals surface area contributed by atoms with Crippen LogP contribution >= 0.6 is 0 Å².